The van der Waals surface area contributed by atoms with Gasteiger partial charge in [-0.2, -0.15) is 8.42 Å². The lowest BCUT2D eigenvalue weighted by Gasteiger charge is -2.23. The van der Waals surface area contributed by atoms with Crippen LogP contribution in [0.5, 0.6) is 5.75 Å². The predicted molar refractivity (Wildman–Crippen MR) is 121 cm³/mol. The summed E-state index contributed by atoms with van der Waals surface area (Å²) in [5, 5.41) is 10.7. The largest absolute Gasteiger partial charge is 0.496 e. The van der Waals surface area contributed by atoms with Gasteiger partial charge in [0.1, 0.15) is 11.9 Å². The van der Waals surface area contributed by atoms with Crippen LogP contribution in [0.15, 0.2) is 41.3 Å². The van der Waals surface area contributed by atoms with Crippen LogP contribution in [-0.2, 0) is 36.6 Å². The predicted octanol–water partition coefficient (Wildman–Crippen LogP) is 3.98. The van der Waals surface area contributed by atoms with Crippen LogP contribution in [0.4, 0.5) is 5.69 Å². The molecule has 0 amide bonds. The number of hydrogen-bond donors (Lipinski definition) is 0. The molecule has 180 valence electrons. The van der Waals surface area contributed by atoms with E-state index in [1.54, 1.807) is 7.11 Å². The first-order valence-electron chi connectivity index (χ1n) is 10.9. The fourth-order valence-corrected chi connectivity index (χ4v) is 4.76. The molecular formula is C23H29NO8S. The SMILES string of the molecule is CCCc1ccc2c(c1OC)C(COCCOS(=O)(=O)c1ccc([N+](=O)[O-])cc1)OCCC2. The van der Waals surface area contributed by atoms with E-state index < -0.39 is 15.0 Å². The Labute approximate surface area is 193 Å². The summed E-state index contributed by atoms with van der Waals surface area (Å²) >= 11 is 0. The zero-order valence-corrected chi connectivity index (χ0v) is 19.6. The van der Waals surface area contributed by atoms with Gasteiger partial charge in [0.05, 0.1) is 36.7 Å². The number of hydrogen-bond acceptors (Lipinski definition) is 8. The van der Waals surface area contributed by atoms with Crippen molar-refractivity contribution in [3.8, 4) is 5.75 Å². The highest BCUT2D eigenvalue weighted by atomic mass is 32.2. The van der Waals surface area contributed by atoms with Gasteiger partial charge in [-0.1, -0.05) is 25.5 Å². The molecule has 1 unspecified atom stereocenters. The van der Waals surface area contributed by atoms with Gasteiger partial charge in [-0.15, -0.1) is 0 Å². The van der Waals surface area contributed by atoms with Crippen LogP contribution in [0.1, 0.15) is 42.6 Å². The number of fused-ring (bicyclic) bond motifs is 1. The minimum absolute atomic E-state index is 0.0401. The molecule has 1 heterocycles. The van der Waals surface area contributed by atoms with Crippen LogP contribution in [0.25, 0.3) is 0 Å². The van der Waals surface area contributed by atoms with Crippen molar-refractivity contribution in [2.75, 3.05) is 33.5 Å². The van der Waals surface area contributed by atoms with E-state index in [1.807, 2.05) is 0 Å². The fraction of sp³-hybridized carbons (Fsp3) is 0.478. The maximum Gasteiger partial charge on any atom is 0.297 e. The first-order valence-corrected chi connectivity index (χ1v) is 12.3. The molecule has 2 aromatic carbocycles. The second-order valence-electron chi connectivity index (χ2n) is 7.65. The van der Waals surface area contributed by atoms with E-state index in [4.69, 9.17) is 18.4 Å². The summed E-state index contributed by atoms with van der Waals surface area (Å²) in [6.45, 7) is 2.80. The second-order valence-corrected chi connectivity index (χ2v) is 9.26. The van der Waals surface area contributed by atoms with Gasteiger partial charge in [-0.25, -0.2) is 0 Å². The summed E-state index contributed by atoms with van der Waals surface area (Å²) in [5.74, 6) is 0.835. The third-order valence-electron chi connectivity index (χ3n) is 5.39. The summed E-state index contributed by atoms with van der Waals surface area (Å²) in [5.41, 5.74) is 3.11. The molecule has 0 radical (unpaired) electrons. The van der Waals surface area contributed by atoms with E-state index >= 15 is 0 Å². The highest BCUT2D eigenvalue weighted by molar-refractivity contribution is 7.86. The van der Waals surface area contributed by atoms with E-state index in [1.165, 1.54) is 5.56 Å². The average molecular weight is 480 g/mol. The van der Waals surface area contributed by atoms with E-state index in [0.717, 1.165) is 66.8 Å². The molecule has 33 heavy (non-hydrogen) atoms. The Balaban J connectivity index is 1.60. The van der Waals surface area contributed by atoms with E-state index in [9.17, 15) is 18.5 Å². The van der Waals surface area contributed by atoms with Gasteiger partial charge in [-0.3, -0.25) is 14.3 Å². The molecule has 0 saturated carbocycles. The zero-order valence-electron chi connectivity index (χ0n) is 18.8. The van der Waals surface area contributed by atoms with Gasteiger partial charge in [0.2, 0.25) is 0 Å². The van der Waals surface area contributed by atoms with Crippen LogP contribution < -0.4 is 4.74 Å². The van der Waals surface area contributed by atoms with Crippen molar-refractivity contribution in [2.24, 2.45) is 0 Å². The second kappa shape index (κ2) is 11.6. The third-order valence-corrected chi connectivity index (χ3v) is 6.72. The molecule has 1 aliphatic heterocycles. The van der Waals surface area contributed by atoms with E-state index in [-0.39, 0.29) is 36.5 Å². The molecule has 0 aromatic heterocycles. The van der Waals surface area contributed by atoms with Gasteiger partial charge < -0.3 is 14.2 Å². The molecule has 0 N–H and O–H groups in total. The molecule has 0 spiro atoms. The standard InChI is InChI=1S/C23H29NO8S/c1-3-5-18-8-7-17-6-4-13-31-21(22(17)23(18)29-2)16-30-14-15-32-33(27,28)20-11-9-19(10-12-20)24(25)26/h7-12,21H,3-6,13-16H2,1-2H3. The Bertz CT molecular complexity index is 1050. The van der Waals surface area contributed by atoms with Crippen molar-refractivity contribution in [3.05, 3.63) is 63.2 Å². The number of benzene rings is 2. The topological polar surface area (TPSA) is 114 Å². The Kier molecular flexibility index (Phi) is 8.79. The molecule has 3 rings (SSSR count). The molecule has 10 heteroatoms. The van der Waals surface area contributed by atoms with Crippen molar-refractivity contribution in [1.29, 1.82) is 0 Å². The lowest BCUT2D eigenvalue weighted by atomic mass is 9.94. The summed E-state index contributed by atoms with van der Waals surface area (Å²) < 4.78 is 47.1. The van der Waals surface area contributed by atoms with Crippen molar-refractivity contribution in [1.82, 2.24) is 0 Å². The quantitative estimate of drug-likeness (QED) is 0.206. The number of nitro benzene ring substituents is 1. The molecule has 2 aromatic rings. The fourth-order valence-electron chi connectivity index (χ4n) is 3.86. The number of non-ortho nitro benzene ring substituents is 1. The van der Waals surface area contributed by atoms with Crippen molar-refractivity contribution < 1.29 is 31.7 Å². The van der Waals surface area contributed by atoms with Crippen LogP contribution in [0.2, 0.25) is 0 Å². The number of nitrogens with zero attached hydrogens (tertiary/aromatic N) is 1. The Hall–Kier alpha value is -2.53. The normalized spacial score (nSPS) is 16.1. The van der Waals surface area contributed by atoms with Crippen LogP contribution in [0.3, 0.4) is 0 Å². The number of nitro groups is 1. The smallest absolute Gasteiger partial charge is 0.297 e. The lowest BCUT2D eigenvalue weighted by molar-refractivity contribution is -0.384. The van der Waals surface area contributed by atoms with Crippen molar-refractivity contribution in [3.63, 3.8) is 0 Å². The van der Waals surface area contributed by atoms with Gasteiger partial charge in [0.15, 0.2) is 0 Å². The molecule has 0 aliphatic carbocycles. The average Bonchev–Trinajstić information content (AvgIpc) is 3.01. The molecule has 0 saturated heterocycles. The molecule has 9 nitrogen and oxygen atoms in total. The van der Waals surface area contributed by atoms with E-state index in [0.29, 0.717) is 6.61 Å². The van der Waals surface area contributed by atoms with Gasteiger partial charge in [0, 0.05) is 24.3 Å². The zero-order chi connectivity index (χ0) is 23.8. The molecule has 0 fully saturated rings. The highest BCUT2D eigenvalue weighted by Gasteiger charge is 2.26. The molecular weight excluding hydrogens is 450 g/mol. The maximum absolute atomic E-state index is 12.3. The number of aryl methyl sites for hydroxylation is 2. The maximum atomic E-state index is 12.3. The molecule has 1 aliphatic rings. The summed E-state index contributed by atoms with van der Waals surface area (Å²) in [6, 6.07) is 8.77. The molecule has 0 bridgehead atoms. The van der Waals surface area contributed by atoms with Gasteiger partial charge in [-0.05, 0) is 42.5 Å². The van der Waals surface area contributed by atoms with Crippen molar-refractivity contribution in [2.45, 2.75) is 43.6 Å². The monoisotopic (exact) mass is 479 g/mol. The summed E-state index contributed by atoms with van der Waals surface area (Å²) in [4.78, 5) is 9.97. The number of methoxy groups -OCH3 is 1. The Morgan fingerprint density at radius 1 is 1.15 bits per heavy atom. The Morgan fingerprint density at radius 2 is 1.91 bits per heavy atom. The first kappa shape index (κ1) is 25.1. The highest BCUT2D eigenvalue weighted by Crippen LogP contribution is 2.37. The van der Waals surface area contributed by atoms with Crippen LogP contribution >= 0.6 is 0 Å². The Morgan fingerprint density at radius 3 is 2.58 bits per heavy atom. The summed E-state index contributed by atoms with van der Waals surface area (Å²) in [7, 11) is -2.38. The lowest BCUT2D eigenvalue weighted by Crippen LogP contribution is -2.17. The minimum Gasteiger partial charge on any atom is -0.496 e. The minimum atomic E-state index is -4.04. The van der Waals surface area contributed by atoms with Gasteiger partial charge in [0.25, 0.3) is 15.8 Å². The van der Waals surface area contributed by atoms with Crippen LogP contribution in [0, 0.1) is 10.1 Å². The summed E-state index contributed by atoms with van der Waals surface area (Å²) in [6.07, 6.45) is 3.37. The van der Waals surface area contributed by atoms with E-state index in [2.05, 4.69) is 19.1 Å². The number of rotatable bonds is 11. The third kappa shape index (κ3) is 6.29. The molecule has 1 atom stereocenters. The number of ether oxygens (including phenoxy) is 3. The van der Waals surface area contributed by atoms with Crippen molar-refractivity contribution >= 4 is 15.8 Å². The van der Waals surface area contributed by atoms with Gasteiger partial charge >= 0.3 is 0 Å². The van der Waals surface area contributed by atoms with Crippen LogP contribution in [-0.4, -0.2) is 46.9 Å². The first-order chi connectivity index (χ1) is 15.9.